The highest BCUT2D eigenvalue weighted by Gasteiger charge is 2.35. The molecule has 0 amide bonds. The van der Waals surface area contributed by atoms with E-state index in [9.17, 15) is 5.26 Å². The number of benzene rings is 2. The van der Waals surface area contributed by atoms with Crippen molar-refractivity contribution in [3.05, 3.63) is 96.1 Å². The lowest BCUT2D eigenvalue weighted by atomic mass is 9.74. The van der Waals surface area contributed by atoms with Gasteiger partial charge in [-0.1, -0.05) is 60.7 Å². The molecule has 0 N–H and O–H groups in total. The summed E-state index contributed by atoms with van der Waals surface area (Å²) in [6, 6.07) is 22.6. The highest BCUT2D eigenvalue weighted by atomic mass is 14.8. The summed E-state index contributed by atoms with van der Waals surface area (Å²) < 4.78 is 0. The van der Waals surface area contributed by atoms with E-state index in [0.717, 1.165) is 12.0 Å². The number of hydrogen-bond donors (Lipinski definition) is 0. The molecule has 112 valence electrons. The zero-order valence-corrected chi connectivity index (χ0v) is 12.8. The van der Waals surface area contributed by atoms with Crippen LogP contribution in [0.3, 0.4) is 0 Å². The minimum absolute atomic E-state index is 0.663. The van der Waals surface area contributed by atoms with E-state index in [0.29, 0.717) is 12.1 Å². The van der Waals surface area contributed by atoms with Crippen molar-refractivity contribution in [2.45, 2.75) is 18.3 Å². The number of hydrogen-bond acceptors (Lipinski definition) is 3. The molecule has 1 aromatic heterocycles. The fourth-order valence-electron chi connectivity index (χ4n) is 2.82. The highest BCUT2D eigenvalue weighted by molar-refractivity contribution is 5.42. The van der Waals surface area contributed by atoms with Gasteiger partial charge < -0.3 is 0 Å². The molecular formula is C20H17N3. The van der Waals surface area contributed by atoms with Crippen LogP contribution in [-0.4, -0.2) is 9.97 Å². The predicted molar refractivity (Wildman–Crippen MR) is 89.6 cm³/mol. The van der Waals surface area contributed by atoms with Gasteiger partial charge in [-0.05, 0) is 24.0 Å². The maximum atomic E-state index is 10.0. The Balaban J connectivity index is 2.01. The summed E-state index contributed by atoms with van der Waals surface area (Å²) in [6.45, 7) is 0. The minimum atomic E-state index is -0.786. The Hall–Kier alpha value is -2.99. The van der Waals surface area contributed by atoms with Gasteiger partial charge in [0, 0.05) is 12.4 Å². The van der Waals surface area contributed by atoms with E-state index in [1.54, 1.807) is 18.6 Å². The van der Waals surface area contributed by atoms with Crippen molar-refractivity contribution >= 4 is 0 Å². The molecular weight excluding hydrogens is 282 g/mol. The molecule has 0 fully saturated rings. The van der Waals surface area contributed by atoms with Gasteiger partial charge in [0.2, 0.25) is 0 Å². The third-order valence-electron chi connectivity index (χ3n) is 4.09. The lowest BCUT2D eigenvalue weighted by Crippen LogP contribution is -2.28. The van der Waals surface area contributed by atoms with Crippen LogP contribution < -0.4 is 0 Å². The standard InChI is InChI=1S/C20H17N3/c21-16-20(18-9-5-2-6-10-18,19-15-22-13-14-23-19)12-11-17-7-3-1-4-8-17/h1-10,13-15H,11-12H2. The summed E-state index contributed by atoms with van der Waals surface area (Å²) >= 11 is 0. The van der Waals surface area contributed by atoms with Gasteiger partial charge in [-0.3, -0.25) is 9.97 Å². The zero-order chi connectivity index (χ0) is 16.0. The van der Waals surface area contributed by atoms with E-state index in [2.05, 4.69) is 28.2 Å². The van der Waals surface area contributed by atoms with Crippen molar-refractivity contribution in [2.24, 2.45) is 0 Å². The van der Waals surface area contributed by atoms with Crippen molar-refractivity contribution in [3.63, 3.8) is 0 Å². The van der Waals surface area contributed by atoms with Crippen LogP contribution in [-0.2, 0) is 11.8 Å². The van der Waals surface area contributed by atoms with Crippen molar-refractivity contribution in [1.29, 1.82) is 5.26 Å². The molecule has 0 aliphatic carbocycles. The number of nitriles is 1. The van der Waals surface area contributed by atoms with Gasteiger partial charge >= 0.3 is 0 Å². The Morgan fingerprint density at radius 2 is 1.61 bits per heavy atom. The van der Waals surface area contributed by atoms with Crippen LogP contribution in [0.4, 0.5) is 0 Å². The average Bonchev–Trinajstić information content (AvgIpc) is 2.65. The quantitative estimate of drug-likeness (QED) is 0.717. The molecule has 3 aromatic rings. The van der Waals surface area contributed by atoms with E-state index < -0.39 is 5.41 Å². The molecule has 0 saturated heterocycles. The predicted octanol–water partition coefficient (Wildman–Crippen LogP) is 3.92. The Kier molecular flexibility index (Phi) is 4.44. The van der Waals surface area contributed by atoms with Crippen LogP contribution in [0.2, 0.25) is 0 Å². The first-order valence-corrected chi connectivity index (χ1v) is 7.62. The van der Waals surface area contributed by atoms with Crippen molar-refractivity contribution in [3.8, 4) is 6.07 Å². The number of nitrogens with zero attached hydrogens (tertiary/aromatic N) is 3. The van der Waals surface area contributed by atoms with E-state index in [1.165, 1.54) is 5.56 Å². The summed E-state index contributed by atoms with van der Waals surface area (Å²) in [5.41, 5.74) is 2.08. The Morgan fingerprint density at radius 1 is 0.913 bits per heavy atom. The van der Waals surface area contributed by atoms with Crippen molar-refractivity contribution in [2.75, 3.05) is 0 Å². The van der Waals surface area contributed by atoms with Crippen LogP contribution >= 0.6 is 0 Å². The van der Waals surface area contributed by atoms with E-state index in [4.69, 9.17) is 0 Å². The van der Waals surface area contributed by atoms with Crippen molar-refractivity contribution in [1.82, 2.24) is 9.97 Å². The molecule has 0 radical (unpaired) electrons. The summed E-state index contributed by atoms with van der Waals surface area (Å²) in [5.74, 6) is 0. The maximum Gasteiger partial charge on any atom is 0.126 e. The molecule has 0 aliphatic heterocycles. The molecule has 3 heteroatoms. The number of aromatic nitrogens is 2. The first-order chi connectivity index (χ1) is 11.3. The maximum absolute atomic E-state index is 10.0. The van der Waals surface area contributed by atoms with Gasteiger partial charge in [-0.2, -0.15) is 5.26 Å². The van der Waals surface area contributed by atoms with Crippen LogP contribution in [0.15, 0.2) is 79.3 Å². The lowest BCUT2D eigenvalue weighted by Gasteiger charge is -2.26. The number of rotatable bonds is 5. The third-order valence-corrected chi connectivity index (χ3v) is 4.09. The molecule has 0 bridgehead atoms. The van der Waals surface area contributed by atoms with E-state index >= 15 is 0 Å². The van der Waals surface area contributed by atoms with Gasteiger partial charge in [0.1, 0.15) is 5.41 Å². The van der Waals surface area contributed by atoms with Crippen LogP contribution in [0.5, 0.6) is 0 Å². The van der Waals surface area contributed by atoms with E-state index in [-0.39, 0.29) is 0 Å². The zero-order valence-electron chi connectivity index (χ0n) is 12.8. The Labute approximate surface area is 136 Å². The first kappa shape index (κ1) is 14.9. The van der Waals surface area contributed by atoms with Crippen molar-refractivity contribution < 1.29 is 0 Å². The second-order valence-corrected chi connectivity index (χ2v) is 5.46. The average molecular weight is 299 g/mol. The smallest absolute Gasteiger partial charge is 0.126 e. The van der Waals surface area contributed by atoms with Gasteiger partial charge in [-0.25, -0.2) is 0 Å². The molecule has 0 spiro atoms. The molecule has 23 heavy (non-hydrogen) atoms. The first-order valence-electron chi connectivity index (χ1n) is 7.62. The van der Waals surface area contributed by atoms with Crippen LogP contribution in [0, 0.1) is 11.3 Å². The molecule has 1 atom stereocenters. The Bertz CT molecular complexity index is 738. The largest absolute Gasteiger partial charge is 0.261 e. The summed E-state index contributed by atoms with van der Waals surface area (Å²) in [5, 5.41) is 10.0. The molecule has 3 rings (SSSR count). The summed E-state index contributed by atoms with van der Waals surface area (Å²) in [7, 11) is 0. The lowest BCUT2D eigenvalue weighted by molar-refractivity contribution is 0.573. The van der Waals surface area contributed by atoms with Gasteiger partial charge in [-0.15, -0.1) is 0 Å². The highest BCUT2D eigenvalue weighted by Crippen LogP contribution is 2.34. The van der Waals surface area contributed by atoms with Gasteiger partial charge in [0.05, 0.1) is 18.0 Å². The molecule has 0 aliphatic rings. The third kappa shape index (κ3) is 3.12. The Morgan fingerprint density at radius 3 is 2.22 bits per heavy atom. The monoisotopic (exact) mass is 299 g/mol. The fraction of sp³-hybridized carbons (Fsp3) is 0.150. The SMILES string of the molecule is N#CC(CCc1ccccc1)(c1ccccc1)c1cnccn1. The topological polar surface area (TPSA) is 49.6 Å². The number of aryl methyl sites for hydroxylation is 1. The van der Waals surface area contributed by atoms with E-state index in [1.807, 2.05) is 48.5 Å². The second-order valence-electron chi connectivity index (χ2n) is 5.46. The fourth-order valence-corrected chi connectivity index (χ4v) is 2.82. The van der Waals surface area contributed by atoms with Crippen LogP contribution in [0.25, 0.3) is 0 Å². The minimum Gasteiger partial charge on any atom is -0.261 e. The molecule has 2 aromatic carbocycles. The molecule has 1 heterocycles. The molecule has 1 unspecified atom stereocenters. The van der Waals surface area contributed by atoms with Gasteiger partial charge in [0.25, 0.3) is 0 Å². The molecule has 0 saturated carbocycles. The van der Waals surface area contributed by atoms with Crippen LogP contribution in [0.1, 0.15) is 23.2 Å². The molecule has 3 nitrogen and oxygen atoms in total. The second kappa shape index (κ2) is 6.85. The normalized spacial score (nSPS) is 13.0. The van der Waals surface area contributed by atoms with Gasteiger partial charge in [0.15, 0.2) is 0 Å². The summed E-state index contributed by atoms with van der Waals surface area (Å²) in [4.78, 5) is 8.59. The summed E-state index contributed by atoms with van der Waals surface area (Å²) in [6.07, 6.45) is 6.44.